The number of likely N-dealkylation sites (N-methyl/N-ethyl adjacent to an activating group) is 1. The van der Waals surface area contributed by atoms with Gasteiger partial charge in [0.2, 0.25) is 5.60 Å². The van der Waals surface area contributed by atoms with Gasteiger partial charge in [-0.2, -0.15) is 5.10 Å². The van der Waals surface area contributed by atoms with E-state index >= 15 is 0 Å². The SMILES string of the molecule is CN1CCC(O)(c2cc(-c3cccc(-n4nc(C(N)=O)c5cc(C6CC6)ccc54)c3)no2)C1=O. The van der Waals surface area contributed by atoms with Crippen molar-refractivity contribution in [2.75, 3.05) is 13.6 Å². The smallest absolute Gasteiger partial charge is 0.269 e. The van der Waals surface area contributed by atoms with Crippen LogP contribution in [-0.2, 0) is 10.4 Å². The number of carbonyl (C=O) groups excluding carboxylic acids is 2. The number of primary amides is 1. The van der Waals surface area contributed by atoms with E-state index in [2.05, 4.69) is 16.3 Å². The van der Waals surface area contributed by atoms with Crippen molar-refractivity contribution >= 4 is 22.7 Å². The molecule has 0 spiro atoms. The quantitative estimate of drug-likeness (QED) is 0.474. The largest absolute Gasteiger partial charge is 0.373 e. The summed E-state index contributed by atoms with van der Waals surface area (Å²) in [4.78, 5) is 26.0. The van der Waals surface area contributed by atoms with E-state index in [9.17, 15) is 14.7 Å². The predicted molar refractivity (Wildman–Crippen MR) is 123 cm³/mol. The van der Waals surface area contributed by atoms with Crippen LogP contribution in [0.3, 0.4) is 0 Å². The van der Waals surface area contributed by atoms with Crippen LogP contribution in [0.25, 0.3) is 27.8 Å². The minimum atomic E-state index is -1.70. The summed E-state index contributed by atoms with van der Waals surface area (Å²) in [6, 6.07) is 15.1. The van der Waals surface area contributed by atoms with E-state index in [0.717, 1.165) is 23.7 Å². The number of hydrogen-bond acceptors (Lipinski definition) is 6. The van der Waals surface area contributed by atoms with Gasteiger partial charge in [-0.1, -0.05) is 23.4 Å². The molecule has 34 heavy (non-hydrogen) atoms. The molecule has 2 aliphatic rings. The first-order valence-corrected chi connectivity index (χ1v) is 11.2. The number of nitrogens with two attached hydrogens (primary N) is 1. The van der Waals surface area contributed by atoms with Gasteiger partial charge >= 0.3 is 0 Å². The first-order chi connectivity index (χ1) is 16.3. The van der Waals surface area contributed by atoms with E-state index in [4.69, 9.17) is 10.3 Å². The lowest BCUT2D eigenvalue weighted by molar-refractivity contribution is -0.144. The van der Waals surface area contributed by atoms with E-state index in [1.165, 1.54) is 10.5 Å². The highest BCUT2D eigenvalue weighted by Gasteiger charge is 2.48. The number of amides is 2. The second kappa shape index (κ2) is 7.26. The van der Waals surface area contributed by atoms with Gasteiger partial charge in [-0.3, -0.25) is 9.59 Å². The topological polar surface area (TPSA) is 127 Å². The Morgan fingerprint density at radius 1 is 1.21 bits per heavy atom. The van der Waals surface area contributed by atoms with E-state index < -0.39 is 17.4 Å². The summed E-state index contributed by atoms with van der Waals surface area (Å²) < 4.78 is 7.08. The number of carbonyl (C=O) groups is 2. The molecular weight excluding hydrogens is 434 g/mol. The van der Waals surface area contributed by atoms with Crippen molar-refractivity contribution in [1.29, 1.82) is 0 Å². The molecule has 1 aliphatic carbocycles. The van der Waals surface area contributed by atoms with Crippen molar-refractivity contribution in [3.05, 3.63) is 65.5 Å². The Morgan fingerprint density at radius 3 is 2.74 bits per heavy atom. The van der Waals surface area contributed by atoms with Crippen LogP contribution in [-0.4, -0.2) is 50.4 Å². The third-order valence-electron chi connectivity index (χ3n) is 6.80. The van der Waals surface area contributed by atoms with Crippen LogP contribution in [0.2, 0.25) is 0 Å². The van der Waals surface area contributed by atoms with Crippen LogP contribution in [0, 0.1) is 0 Å². The lowest BCUT2D eigenvalue weighted by atomic mass is 9.98. The highest BCUT2D eigenvalue weighted by molar-refractivity contribution is 6.04. The molecule has 2 aromatic carbocycles. The lowest BCUT2D eigenvalue weighted by Crippen LogP contribution is -2.35. The molecule has 9 nitrogen and oxygen atoms in total. The minimum Gasteiger partial charge on any atom is -0.373 e. The summed E-state index contributed by atoms with van der Waals surface area (Å²) in [7, 11) is 1.64. The predicted octanol–water partition coefficient (Wildman–Crippen LogP) is 2.71. The summed E-state index contributed by atoms with van der Waals surface area (Å²) in [6.07, 6.45) is 2.56. The Bertz CT molecular complexity index is 1470. The highest BCUT2D eigenvalue weighted by atomic mass is 16.5. The molecule has 6 rings (SSSR count). The number of likely N-dealkylation sites (tertiary alicyclic amines) is 1. The van der Waals surface area contributed by atoms with E-state index in [1.54, 1.807) is 17.8 Å². The highest BCUT2D eigenvalue weighted by Crippen LogP contribution is 2.41. The Balaban J connectivity index is 1.40. The van der Waals surface area contributed by atoms with E-state index in [1.807, 2.05) is 36.4 Å². The molecule has 172 valence electrons. The molecule has 1 unspecified atom stereocenters. The summed E-state index contributed by atoms with van der Waals surface area (Å²) in [5.74, 6) is -0.320. The molecule has 3 N–H and O–H groups in total. The van der Waals surface area contributed by atoms with Gasteiger partial charge in [-0.05, 0) is 48.6 Å². The molecule has 0 bridgehead atoms. The minimum absolute atomic E-state index is 0.121. The standard InChI is InChI=1S/C25H23N5O4/c1-29-10-9-25(33,24(29)32)21-13-19(28-34-21)16-3-2-4-17(11-16)30-20-8-7-15(14-5-6-14)12-18(20)22(27-30)23(26)31/h2-4,7-8,11-14,33H,5-6,9-10H2,1H3,(H2,26,31). The molecule has 2 amide bonds. The van der Waals surface area contributed by atoms with Gasteiger partial charge in [0.15, 0.2) is 11.5 Å². The average molecular weight is 457 g/mol. The molecule has 2 aromatic heterocycles. The second-order valence-corrected chi connectivity index (χ2v) is 9.14. The normalized spacial score (nSPS) is 20.4. The molecular formula is C25H23N5O4. The number of rotatable bonds is 5. The summed E-state index contributed by atoms with van der Waals surface area (Å²) in [5.41, 5.74) is 8.06. The van der Waals surface area contributed by atoms with Crippen molar-refractivity contribution in [2.45, 2.75) is 30.8 Å². The van der Waals surface area contributed by atoms with Gasteiger partial charge in [0.25, 0.3) is 11.8 Å². The lowest BCUT2D eigenvalue weighted by Gasteiger charge is -2.16. The zero-order chi connectivity index (χ0) is 23.6. The van der Waals surface area contributed by atoms with Gasteiger partial charge < -0.3 is 20.3 Å². The molecule has 1 saturated carbocycles. The number of aromatic nitrogens is 3. The fourth-order valence-corrected chi connectivity index (χ4v) is 4.67. The van der Waals surface area contributed by atoms with E-state index in [0.29, 0.717) is 29.4 Å². The molecule has 3 heterocycles. The molecule has 9 heteroatoms. The molecule has 2 fully saturated rings. The van der Waals surface area contributed by atoms with Crippen LogP contribution in [0.5, 0.6) is 0 Å². The first kappa shape index (κ1) is 20.6. The maximum atomic E-state index is 12.4. The Kier molecular flexibility index (Phi) is 4.40. The zero-order valence-electron chi connectivity index (χ0n) is 18.6. The molecule has 4 aromatic rings. The molecule has 1 atom stereocenters. The summed E-state index contributed by atoms with van der Waals surface area (Å²) >= 11 is 0. The van der Waals surface area contributed by atoms with Crippen LogP contribution >= 0.6 is 0 Å². The summed E-state index contributed by atoms with van der Waals surface area (Å²) in [5, 5.41) is 20.2. The first-order valence-electron chi connectivity index (χ1n) is 11.2. The number of nitrogens with zero attached hydrogens (tertiary/aromatic N) is 4. The molecule has 1 aliphatic heterocycles. The van der Waals surface area contributed by atoms with Gasteiger partial charge in [0.05, 0.1) is 11.2 Å². The van der Waals surface area contributed by atoms with Crippen LogP contribution < -0.4 is 5.73 Å². The maximum Gasteiger partial charge on any atom is 0.269 e. The van der Waals surface area contributed by atoms with Crippen molar-refractivity contribution in [3.63, 3.8) is 0 Å². The fourth-order valence-electron chi connectivity index (χ4n) is 4.67. The Morgan fingerprint density at radius 2 is 2.03 bits per heavy atom. The molecule has 1 saturated heterocycles. The van der Waals surface area contributed by atoms with Crippen LogP contribution in [0.1, 0.15) is 47.0 Å². The third kappa shape index (κ3) is 3.12. The molecule has 0 radical (unpaired) electrons. The van der Waals surface area contributed by atoms with Crippen molar-refractivity contribution in [1.82, 2.24) is 19.8 Å². The Labute approximate surface area is 194 Å². The van der Waals surface area contributed by atoms with Crippen molar-refractivity contribution in [2.24, 2.45) is 5.73 Å². The monoisotopic (exact) mass is 457 g/mol. The number of benzene rings is 2. The van der Waals surface area contributed by atoms with Gasteiger partial charge in [0, 0.05) is 37.0 Å². The average Bonchev–Trinajstić information content (AvgIpc) is 3.34. The zero-order valence-corrected chi connectivity index (χ0v) is 18.6. The van der Waals surface area contributed by atoms with Crippen LogP contribution in [0.15, 0.2) is 53.1 Å². The number of fused-ring (bicyclic) bond motifs is 1. The summed E-state index contributed by atoms with van der Waals surface area (Å²) in [6.45, 7) is 0.442. The van der Waals surface area contributed by atoms with Crippen molar-refractivity contribution in [3.8, 4) is 16.9 Å². The van der Waals surface area contributed by atoms with Crippen molar-refractivity contribution < 1.29 is 19.2 Å². The van der Waals surface area contributed by atoms with E-state index in [-0.39, 0.29) is 17.9 Å². The maximum absolute atomic E-state index is 12.4. The third-order valence-corrected chi connectivity index (χ3v) is 6.80. The number of hydrogen-bond donors (Lipinski definition) is 2. The van der Waals surface area contributed by atoms with Gasteiger partial charge in [-0.25, -0.2) is 4.68 Å². The second-order valence-electron chi connectivity index (χ2n) is 9.14. The number of aliphatic hydroxyl groups is 1. The fraction of sp³-hybridized carbons (Fsp3) is 0.280. The Hall–Kier alpha value is -3.98. The van der Waals surface area contributed by atoms with Gasteiger partial charge in [-0.15, -0.1) is 0 Å². The van der Waals surface area contributed by atoms with Crippen LogP contribution in [0.4, 0.5) is 0 Å². The van der Waals surface area contributed by atoms with Gasteiger partial charge in [0.1, 0.15) is 5.69 Å².